The average molecular weight is 391 g/mol. The molecular weight excluding hydrogens is 366 g/mol. The first-order valence-corrected chi connectivity index (χ1v) is 9.87. The van der Waals surface area contributed by atoms with Gasteiger partial charge in [-0.25, -0.2) is 9.67 Å². The van der Waals surface area contributed by atoms with Crippen molar-refractivity contribution in [3.05, 3.63) is 60.0 Å². The average Bonchev–Trinajstić information content (AvgIpc) is 3.25. The molecule has 1 fully saturated rings. The van der Waals surface area contributed by atoms with Crippen LogP contribution in [0.2, 0.25) is 0 Å². The Bertz CT molecular complexity index is 991. The Kier molecular flexibility index (Phi) is 5.46. The molecule has 0 spiro atoms. The summed E-state index contributed by atoms with van der Waals surface area (Å²) in [6.07, 6.45) is 7.14. The fourth-order valence-corrected chi connectivity index (χ4v) is 3.52. The van der Waals surface area contributed by atoms with E-state index in [1.165, 1.54) is 19.3 Å². The van der Waals surface area contributed by atoms with Crippen LogP contribution < -0.4 is 15.0 Å². The monoisotopic (exact) mass is 391 g/mol. The predicted molar refractivity (Wildman–Crippen MR) is 113 cm³/mol. The zero-order valence-corrected chi connectivity index (χ0v) is 16.8. The van der Waals surface area contributed by atoms with Gasteiger partial charge in [0, 0.05) is 19.3 Å². The molecular formula is C22H25N5O2. The fraction of sp³-hybridized carbons (Fsp3) is 0.318. The molecule has 1 aromatic carbocycles. The Morgan fingerprint density at radius 2 is 1.93 bits per heavy atom. The van der Waals surface area contributed by atoms with Gasteiger partial charge in [0.25, 0.3) is 5.91 Å². The first-order chi connectivity index (χ1) is 14.1. The lowest BCUT2D eigenvalue weighted by atomic mass is 10.1. The number of aryl methyl sites for hydroxylation is 1. The molecule has 3 heterocycles. The number of ether oxygens (including phenoxy) is 1. The molecule has 29 heavy (non-hydrogen) atoms. The smallest absolute Gasteiger partial charge is 0.276 e. The molecule has 7 heteroatoms. The second kappa shape index (κ2) is 8.34. The minimum atomic E-state index is -0.275. The van der Waals surface area contributed by atoms with Crippen molar-refractivity contribution in [2.24, 2.45) is 0 Å². The van der Waals surface area contributed by atoms with Crippen LogP contribution in [0.25, 0.3) is 5.69 Å². The van der Waals surface area contributed by atoms with Gasteiger partial charge in [-0.3, -0.25) is 4.79 Å². The highest BCUT2D eigenvalue weighted by atomic mass is 16.5. The lowest BCUT2D eigenvalue weighted by Crippen LogP contribution is -2.30. The highest BCUT2D eigenvalue weighted by molar-refractivity contribution is 6.02. The van der Waals surface area contributed by atoms with Gasteiger partial charge in [-0.1, -0.05) is 6.07 Å². The van der Waals surface area contributed by atoms with Gasteiger partial charge in [0.05, 0.1) is 19.0 Å². The minimum absolute atomic E-state index is 0.275. The van der Waals surface area contributed by atoms with E-state index in [1.807, 2.05) is 37.3 Å². The molecule has 0 atom stereocenters. The maximum Gasteiger partial charge on any atom is 0.276 e. The van der Waals surface area contributed by atoms with Crippen LogP contribution in [-0.2, 0) is 0 Å². The van der Waals surface area contributed by atoms with Gasteiger partial charge in [-0.15, -0.1) is 0 Å². The number of methoxy groups -OCH3 is 1. The Morgan fingerprint density at radius 3 is 2.66 bits per heavy atom. The Labute approximate surface area is 170 Å². The summed E-state index contributed by atoms with van der Waals surface area (Å²) in [7, 11) is 1.62. The summed E-state index contributed by atoms with van der Waals surface area (Å²) < 4.78 is 7.06. The van der Waals surface area contributed by atoms with Crippen LogP contribution in [0.1, 0.15) is 35.3 Å². The molecule has 1 saturated heterocycles. The summed E-state index contributed by atoms with van der Waals surface area (Å²) >= 11 is 0. The zero-order valence-electron chi connectivity index (χ0n) is 16.8. The van der Waals surface area contributed by atoms with E-state index in [1.54, 1.807) is 30.3 Å². The number of carbonyl (C=O) groups is 1. The SMILES string of the molecule is COc1ccc(C)cc1-n1ccc(C(=O)Nc2ccc(N3CCCCC3)nc2)n1. The third-order valence-electron chi connectivity index (χ3n) is 5.09. The van der Waals surface area contributed by atoms with Gasteiger partial charge in [0.15, 0.2) is 5.69 Å². The lowest BCUT2D eigenvalue weighted by Gasteiger charge is -2.27. The van der Waals surface area contributed by atoms with Crippen LogP contribution >= 0.6 is 0 Å². The van der Waals surface area contributed by atoms with Crippen molar-refractivity contribution in [3.8, 4) is 11.4 Å². The molecule has 150 valence electrons. The quantitative estimate of drug-likeness (QED) is 0.716. The third-order valence-corrected chi connectivity index (χ3v) is 5.09. The Hall–Kier alpha value is -3.35. The molecule has 3 aromatic rings. The van der Waals surface area contributed by atoms with Gasteiger partial charge >= 0.3 is 0 Å². The van der Waals surface area contributed by atoms with Crippen molar-refractivity contribution >= 4 is 17.4 Å². The highest BCUT2D eigenvalue weighted by Crippen LogP contribution is 2.24. The predicted octanol–water partition coefficient (Wildman–Crippen LogP) is 3.83. The van der Waals surface area contributed by atoms with E-state index in [9.17, 15) is 4.79 Å². The maximum atomic E-state index is 12.6. The molecule has 0 saturated carbocycles. The Morgan fingerprint density at radius 1 is 1.10 bits per heavy atom. The number of hydrogen-bond donors (Lipinski definition) is 1. The van der Waals surface area contributed by atoms with E-state index in [0.717, 1.165) is 30.2 Å². The molecule has 0 radical (unpaired) electrons. The number of aromatic nitrogens is 3. The number of rotatable bonds is 5. The third kappa shape index (κ3) is 4.23. The van der Waals surface area contributed by atoms with E-state index in [2.05, 4.69) is 20.3 Å². The van der Waals surface area contributed by atoms with Gasteiger partial charge in [-0.2, -0.15) is 5.10 Å². The van der Waals surface area contributed by atoms with Crippen LogP contribution in [0.4, 0.5) is 11.5 Å². The van der Waals surface area contributed by atoms with E-state index in [0.29, 0.717) is 17.1 Å². The van der Waals surface area contributed by atoms with Gasteiger partial charge in [0.1, 0.15) is 17.3 Å². The second-order valence-corrected chi connectivity index (χ2v) is 7.23. The fourth-order valence-electron chi connectivity index (χ4n) is 3.52. The van der Waals surface area contributed by atoms with Crippen molar-refractivity contribution in [1.29, 1.82) is 0 Å². The molecule has 0 bridgehead atoms. The van der Waals surface area contributed by atoms with E-state index >= 15 is 0 Å². The molecule has 4 rings (SSSR count). The largest absolute Gasteiger partial charge is 0.494 e. The van der Waals surface area contributed by atoms with E-state index < -0.39 is 0 Å². The molecule has 0 unspecified atom stereocenters. The number of anilines is 2. The van der Waals surface area contributed by atoms with E-state index in [-0.39, 0.29) is 5.91 Å². The van der Waals surface area contributed by atoms with Crippen molar-refractivity contribution < 1.29 is 9.53 Å². The van der Waals surface area contributed by atoms with Crippen molar-refractivity contribution in [2.75, 3.05) is 30.4 Å². The molecule has 1 N–H and O–H groups in total. The van der Waals surface area contributed by atoms with Gasteiger partial charge in [0.2, 0.25) is 0 Å². The Balaban J connectivity index is 1.46. The van der Waals surface area contributed by atoms with Crippen LogP contribution in [0.5, 0.6) is 5.75 Å². The molecule has 0 aliphatic carbocycles. The van der Waals surface area contributed by atoms with Crippen molar-refractivity contribution in [2.45, 2.75) is 26.2 Å². The molecule has 1 aliphatic rings. The number of benzene rings is 1. The van der Waals surface area contributed by atoms with Crippen LogP contribution in [0.15, 0.2) is 48.8 Å². The minimum Gasteiger partial charge on any atom is -0.494 e. The van der Waals surface area contributed by atoms with Gasteiger partial charge in [-0.05, 0) is 62.1 Å². The normalized spacial score (nSPS) is 13.9. The first kappa shape index (κ1) is 19.0. The number of piperidine rings is 1. The number of pyridine rings is 1. The summed E-state index contributed by atoms with van der Waals surface area (Å²) in [5, 5.41) is 7.28. The highest BCUT2D eigenvalue weighted by Gasteiger charge is 2.15. The summed E-state index contributed by atoms with van der Waals surface area (Å²) in [5.74, 6) is 1.38. The van der Waals surface area contributed by atoms with Crippen LogP contribution in [0, 0.1) is 6.92 Å². The molecule has 2 aromatic heterocycles. The topological polar surface area (TPSA) is 72.3 Å². The second-order valence-electron chi connectivity index (χ2n) is 7.23. The zero-order chi connectivity index (χ0) is 20.2. The standard InChI is InChI=1S/C22H25N5O2/c1-16-6-8-20(29-2)19(14-16)27-13-10-18(25-27)22(28)24-17-7-9-21(23-15-17)26-11-4-3-5-12-26/h6-10,13-15H,3-5,11-12H2,1-2H3,(H,24,28). The lowest BCUT2D eigenvalue weighted by molar-refractivity contribution is 0.102. The molecule has 7 nitrogen and oxygen atoms in total. The summed E-state index contributed by atoms with van der Waals surface area (Å²) in [4.78, 5) is 19.4. The number of nitrogens with one attached hydrogen (secondary N) is 1. The van der Waals surface area contributed by atoms with Crippen LogP contribution in [0.3, 0.4) is 0 Å². The van der Waals surface area contributed by atoms with Gasteiger partial charge < -0.3 is 15.0 Å². The summed E-state index contributed by atoms with van der Waals surface area (Å²) in [5.41, 5.74) is 2.85. The summed E-state index contributed by atoms with van der Waals surface area (Å²) in [6.45, 7) is 4.08. The number of nitrogens with zero attached hydrogens (tertiary/aromatic N) is 4. The van der Waals surface area contributed by atoms with Crippen LogP contribution in [-0.4, -0.2) is 40.9 Å². The number of carbonyl (C=O) groups excluding carboxylic acids is 1. The van der Waals surface area contributed by atoms with Crippen molar-refractivity contribution in [1.82, 2.24) is 14.8 Å². The number of hydrogen-bond acceptors (Lipinski definition) is 5. The molecule has 1 amide bonds. The summed E-state index contributed by atoms with van der Waals surface area (Å²) in [6, 6.07) is 11.4. The molecule has 1 aliphatic heterocycles. The maximum absolute atomic E-state index is 12.6. The van der Waals surface area contributed by atoms with Crippen molar-refractivity contribution in [3.63, 3.8) is 0 Å². The first-order valence-electron chi connectivity index (χ1n) is 9.87. The van der Waals surface area contributed by atoms with E-state index in [4.69, 9.17) is 4.74 Å². The number of amides is 1.